The van der Waals surface area contributed by atoms with E-state index in [0.29, 0.717) is 0 Å². The van der Waals surface area contributed by atoms with E-state index in [1.54, 1.807) is 0 Å². The first-order chi connectivity index (χ1) is 9.22. The first-order valence-electron chi connectivity index (χ1n) is 6.97. The van der Waals surface area contributed by atoms with Crippen molar-refractivity contribution in [3.05, 3.63) is 18.4 Å². The summed E-state index contributed by atoms with van der Waals surface area (Å²) in [6.45, 7) is 0. The van der Waals surface area contributed by atoms with Crippen molar-refractivity contribution in [3.63, 3.8) is 0 Å². The van der Waals surface area contributed by atoms with Crippen LogP contribution in [0.1, 0.15) is 51.4 Å². The van der Waals surface area contributed by atoms with Crippen molar-refractivity contribution >= 4 is 30.9 Å². The Morgan fingerprint density at radius 1 is 0.684 bits per heavy atom. The van der Waals surface area contributed by atoms with Gasteiger partial charge in [-0.2, -0.15) is 0 Å². The standard InChI is InChI=1S/C14H16O4Te/c15-13-9-5-1-3-7-11(9)19(17-13)12-8-4-2-6-10(12)14(16)18-19/h1-8H2. The monoisotopic (exact) mass is 378 g/mol. The van der Waals surface area contributed by atoms with Gasteiger partial charge in [-0.05, 0) is 0 Å². The molecule has 2 aliphatic carbocycles. The van der Waals surface area contributed by atoms with Gasteiger partial charge in [0.1, 0.15) is 0 Å². The van der Waals surface area contributed by atoms with Crippen LogP contribution in [0.2, 0.25) is 0 Å². The molecule has 2 aliphatic heterocycles. The fraction of sp³-hybridized carbons (Fsp3) is 0.571. The van der Waals surface area contributed by atoms with Crippen molar-refractivity contribution in [1.82, 2.24) is 0 Å². The molecule has 0 unspecified atom stereocenters. The second-order valence-electron chi connectivity index (χ2n) is 5.46. The molecule has 0 atom stereocenters. The quantitative estimate of drug-likeness (QED) is 0.610. The normalized spacial score (nSPS) is 30.1. The number of allylic oxidation sites excluding steroid dienone is 2. The Kier molecular flexibility index (Phi) is 2.59. The molecule has 1 spiro atoms. The molecule has 4 nitrogen and oxygen atoms in total. The summed E-state index contributed by atoms with van der Waals surface area (Å²) in [5, 5.41) is 0. The van der Waals surface area contributed by atoms with Crippen LogP contribution in [-0.2, 0) is 15.8 Å². The first-order valence-corrected chi connectivity index (χ1v) is 11.2. The van der Waals surface area contributed by atoms with Gasteiger partial charge in [0.15, 0.2) is 0 Å². The van der Waals surface area contributed by atoms with Crippen LogP contribution in [0.5, 0.6) is 0 Å². The van der Waals surface area contributed by atoms with Gasteiger partial charge in [-0.3, -0.25) is 0 Å². The zero-order valence-corrected chi connectivity index (χ0v) is 13.0. The Balaban J connectivity index is 1.87. The summed E-state index contributed by atoms with van der Waals surface area (Å²) in [5.41, 5.74) is 1.69. The Hall–Kier alpha value is -0.790. The molecule has 102 valence electrons. The fourth-order valence-electron chi connectivity index (χ4n) is 3.46. The van der Waals surface area contributed by atoms with E-state index in [-0.39, 0.29) is 11.9 Å². The van der Waals surface area contributed by atoms with Crippen LogP contribution in [0.25, 0.3) is 0 Å². The van der Waals surface area contributed by atoms with E-state index in [4.69, 9.17) is 6.20 Å². The average Bonchev–Trinajstić information content (AvgIpc) is 2.88. The predicted octanol–water partition coefficient (Wildman–Crippen LogP) is 2.36. The van der Waals surface area contributed by atoms with E-state index in [2.05, 4.69) is 0 Å². The van der Waals surface area contributed by atoms with Gasteiger partial charge in [0.2, 0.25) is 0 Å². The zero-order chi connectivity index (χ0) is 13.0. The molecular weight excluding hydrogens is 360 g/mol. The van der Waals surface area contributed by atoms with Gasteiger partial charge >= 0.3 is 116 Å². The maximum atomic E-state index is 12.1. The van der Waals surface area contributed by atoms with E-state index in [9.17, 15) is 9.59 Å². The van der Waals surface area contributed by atoms with Crippen molar-refractivity contribution in [1.29, 1.82) is 0 Å². The molecule has 0 saturated carbocycles. The summed E-state index contributed by atoms with van der Waals surface area (Å²) >= 11 is -3.50. The summed E-state index contributed by atoms with van der Waals surface area (Å²) in [4.78, 5) is 24.2. The zero-order valence-electron chi connectivity index (χ0n) is 10.7. The first kappa shape index (κ1) is 12.0. The Morgan fingerprint density at radius 3 is 1.58 bits per heavy atom. The third-order valence-corrected chi connectivity index (χ3v) is 12.8. The summed E-state index contributed by atoms with van der Waals surface area (Å²) in [5.74, 6) is -0.383. The van der Waals surface area contributed by atoms with Crippen molar-refractivity contribution in [2.75, 3.05) is 0 Å². The van der Waals surface area contributed by atoms with E-state index in [1.165, 1.54) is 0 Å². The van der Waals surface area contributed by atoms with Crippen LogP contribution < -0.4 is 0 Å². The summed E-state index contributed by atoms with van der Waals surface area (Å²) in [6.07, 6.45) is 7.67. The Morgan fingerprint density at radius 2 is 1.11 bits per heavy atom. The number of rotatable bonds is 0. The SMILES string of the molecule is O=C1O[Te]2(OC(=O)C3=C2CCCC3)C2=C1CCCC2. The molecule has 4 rings (SSSR count). The topological polar surface area (TPSA) is 52.6 Å². The van der Waals surface area contributed by atoms with Crippen LogP contribution >= 0.6 is 0 Å². The van der Waals surface area contributed by atoms with Gasteiger partial charge in [0, 0.05) is 0 Å². The minimum atomic E-state index is -3.50. The van der Waals surface area contributed by atoms with Gasteiger partial charge in [0.05, 0.1) is 0 Å². The van der Waals surface area contributed by atoms with E-state index in [0.717, 1.165) is 69.8 Å². The van der Waals surface area contributed by atoms with Gasteiger partial charge in [-0.1, -0.05) is 0 Å². The number of fused-ring (bicyclic) bond motifs is 2. The van der Waals surface area contributed by atoms with Crippen molar-refractivity contribution in [2.24, 2.45) is 0 Å². The molecular formula is C14H16O4Te. The second-order valence-corrected chi connectivity index (χ2v) is 12.1. The van der Waals surface area contributed by atoms with Gasteiger partial charge in [-0.25, -0.2) is 0 Å². The molecule has 0 aromatic carbocycles. The third-order valence-electron chi connectivity index (χ3n) is 4.36. The number of hydrogen-bond acceptors (Lipinski definition) is 4. The summed E-state index contributed by atoms with van der Waals surface area (Å²) in [6, 6.07) is 0. The van der Waals surface area contributed by atoms with Gasteiger partial charge in [-0.15, -0.1) is 0 Å². The van der Waals surface area contributed by atoms with Crippen molar-refractivity contribution < 1.29 is 15.8 Å². The van der Waals surface area contributed by atoms with Gasteiger partial charge < -0.3 is 0 Å². The number of carbonyl (C=O) groups excluding carboxylic acids is 2. The molecule has 0 fully saturated rings. The molecule has 0 amide bonds. The van der Waals surface area contributed by atoms with E-state index >= 15 is 0 Å². The average molecular weight is 376 g/mol. The maximum absolute atomic E-state index is 12.1. The minimum absolute atomic E-state index is 0.192. The second kappa shape index (κ2) is 4.10. The number of carbonyl (C=O) groups is 2. The van der Waals surface area contributed by atoms with Crippen LogP contribution in [0.3, 0.4) is 0 Å². The van der Waals surface area contributed by atoms with Crippen LogP contribution in [0.4, 0.5) is 0 Å². The Labute approximate surface area is 116 Å². The van der Waals surface area contributed by atoms with Crippen molar-refractivity contribution in [3.8, 4) is 0 Å². The number of hydrogen-bond donors (Lipinski definition) is 0. The molecule has 0 aromatic heterocycles. The third kappa shape index (κ3) is 1.52. The molecule has 5 heteroatoms. The molecule has 0 aromatic rings. The van der Waals surface area contributed by atoms with Gasteiger partial charge in [0.25, 0.3) is 0 Å². The summed E-state index contributed by atoms with van der Waals surface area (Å²) in [7, 11) is 0. The molecule has 4 aliphatic rings. The van der Waals surface area contributed by atoms with E-state index in [1.807, 2.05) is 0 Å². The molecule has 0 saturated heterocycles. The molecule has 2 heterocycles. The van der Waals surface area contributed by atoms with Crippen LogP contribution in [0.15, 0.2) is 18.4 Å². The summed E-state index contributed by atoms with van der Waals surface area (Å²) < 4.78 is 13.8. The van der Waals surface area contributed by atoms with E-state index < -0.39 is 19.0 Å². The van der Waals surface area contributed by atoms with Crippen molar-refractivity contribution in [2.45, 2.75) is 51.4 Å². The Bertz CT molecular complexity index is 508. The van der Waals surface area contributed by atoms with Crippen LogP contribution in [-0.4, -0.2) is 30.9 Å². The molecule has 0 bridgehead atoms. The molecule has 0 radical (unpaired) electrons. The van der Waals surface area contributed by atoms with Crippen LogP contribution in [0, 0.1) is 0 Å². The molecule has 0 N–H and O–H groups in total. The predicted molar refractivity (Wildman–Crippen MR) is 68.9 cm³/mol. The fourth-order valence-corrected chi connectivity index (χ4v) is 12.6. The molecule has 19 heavy (non-hydrogen) atoms.